The number of likely N-dealkylation sites (N-methyl/N-ethyl adjacent to an activating group) is 1. The Hall–Kier alpha value is -2.46. The maximum atomic E-state index is 4.87. The van der Waals surface area contributed by atoms with E-state index in [1.54, 1.807) is 6.08 Å². The lowest BCUT2D eigenvalue weighted by Crippen LogP contribution is -2.38. The number of likely N-dealkylation sites (tertiary alicyclic amines) is 1. The van der Waals surface area contributed by atoms with Crippen molar-refractivity contribution in [2.75, 3.05) is 13.6 Å². The molecule has 1 aliphatic rings. The van der Waals surface area contributed by atoms with Crippen LogP contribution in [-0.4, -0.2) is 41.2 Å². The first-order valence-electron chi connectivity index (χ1n) is 8.79. The van der Waals surface area contributed by atoms with Gasteiger partial charge in [-0.2, -0.15) is 0 Å². The van der Waals surface area contributed by atoms with Gasteiger partial charge in [0, 0.05) is 29.8 Å². The molecule has 2 aromatic rings. The highest BCUT2D eigenvalue weighted by molar-refractivity contribution is 5.71. The Kier molecular flexibility index (Phi) is 5.29. The standard InChI is InChI=1S/C21H26N4/c1-5-9-18(22-3)20-19(17-13-12-15(2)25(4)14-17)23-21(24-20)16-10-7-6-8-11-16/h5-11,15,17H,1,3,12-14H2,2,4H3,(H,23,24)/b18-9-/t15?,17-/m0/s1. The molecule has 3 rings (SSSR count). The summed E-state index contributed by atoms with van der Waals surface area (Å²) in [6, 6.07) is 10.8. The fourth-order valence-corrected chi connectivity index (χ4v) is 3.45. The van der Waals surface area contributed by atoms with E-state index in [2.05, 4.69) is 54.3 Å². The second-order valence-corrected chi connectivity index (χ2v) is 6.72. The molecule has 2 heterocycles. The van der Waals surface area contributed by atoms with Gasteiger partial charge >= 0.3 is 0 Å². The molecule has 1 unspecified atom stereocenters. The summed E-state index contributed by atoms with van der Waals surface area (Å²) in [7, 11) is 2.19. The first kappa shape index (κ1) is 17.4. The molecule has 1 aromatic carbocycles. The molecule has 1 fully saturated rings. The molecule has 0 saturated carbocycles. The van der Waals surface area contributed by atoms with Crippen molar-refractivity contribution in [1.29, 1.82) is 0 Å². The quantitative estimate of drug-likeness (QED) is 0.646. The lowest BCUT2D eigenvalue weighted by Gasteiger charge is -2.35. The average molecular weight is 334 g/mol. The number of piperidine rings is 1. The van der Waals surface area contributed by atoms with Crippen LogP contribution in [0.2, 0.25) is 0 Å². The summed E-state index contributed by atoms with van der Waals surface area (Å²) in [5, 5.41) is 0. The SMILES string of the molecule is C=C/C=C(\N=C)c1nc(-c2ccccc2)[nH]c1[C@H]1CCC(C)N(C)C1. The first-order valence-corrected chi connectivity index (χ1v) is 8.79. The van der Waals surface area contributed by atoms with Crippen LogP contribution in [0.4, 0.5) is 0 Å². The number of rotatable bonds is 5. The first-order chi connectivity index (χ1) is 12.1. The molecule has 1 N–H and O–H groups in total. The molecule has 130 valence electrons. The van der Waals surface area contributed by atoms with Crippen molar-refractivity contribution in [3.05, 3.63) is 60.5 Å². The number of imidazole rings is 1. The van der Waals surface area contributed by atoms with Crippen molar-refractivity contribution in [3.63, 3.8) is 0 Å². The molecule has 0 aliphatic carbocycles. The van der Waals surface area contributed by atoms with Gasteiger partial charge in [-0.05, 0) is 39.6 Å². The lowest BCUT2D eigenvalue weighted by atomic mass is 9.90. The third-order valence-corrected chi connectivity index (χ3v) is 5.07. The minimum absolute atomic E-state index is 0.413. The minimum Gasteiger partial charge on any atom is -0.341 e. The van der Waals surface area contributed by atoms with Crippen LogP contribution >= 0.6 is 0 Å². The third kappa shape index (κ3) is 3.64. The maximum absolute atomic E-state index is 4.87. The molecule has 0 spiro atoms. The molecule has 25 heavy (non-hydrogen) atoms. The topological polar surface area (TPSA) is 44.3 Å². The van der Waals surface area contributed by atoms with Gasteiger partial charge in [0.1, 0.15) is 11.5 Å². The van der Waals surface area contributed by atoms with Crippen molar-refractivity contribution in [2.24, 2.45) is 4.99 Å². The summed E-state index contributed by atoms with van der Waals surface area (Å²) < 4.78 is 0. The Bertz CT molecular complexity index is 772. The van der Waals surface area contributed by atoms with Crippen LogP contribution in [0.1, 0.15) is 37.1 Å². The normalized spacial score (nSPS) is 21.9. The Morgan fingerprint density at radius 1 is 1.32 bits per heavy atom. The minimum atomic E-state index is 0.413. The molecular formula is C21H26N4. The van der Waals surface area contributed by atoms with E-state index < -0.39 is 0 Å². The number of nitrogens with zero attached hydrogens (tertiary/aromatic N) is 3. The smallest absolute Gasteiger partial charge is 0.138 e. The highest BCUT2D eigenvalue weighted by Crippen LogP contribution is 2.34. The summed E-state index contributed by atoms with van der Waals surface area (Å²) >= 11 is 0. The number of hydrogen-bond acceptors (Lipinski definition) is 3. The van der Waals surface area contributed by atoms with Crippen LogP contribution in [0.5, 0.6) is 0 Å². The van der Waals surface area contributed by atoms with Crippen LogP contribution in [-0.2, 0) is 0 Å². The zero-order valence-electron chi connectivity index (χ0n) is 15.1. The summed E-state index contributed by atoms with van der Waals surface area (Å²) in [5.41, 5.74) is 3.89. The largest absolute Gasteiger partial charge is 0.341 e. The van der Waals surface area contributed by atoms with Crippen molar-refractivity contribution < 1.29 is 0 Å². The van der Waals surface area contributed by atoms with Gasteiger partial charge in [-0.1, -0.05) is 43.0 Å². The Morgan fingerprint density at radius 3 is 2.72 bits per heavy atom. The van der Waals surface area contributed by atoms with E-state index in [0.29, 0.717) is 12.0 Å². The highest BCUT2D eigenvalue weighted by Gasteiger charge is 2.28. The molecule has 0 amide bonds. The molecule has 4 nitrogen and oxygen atoms in total. The van der Waals surface area contributed by atoms with E-state index in [9.17, 15) is 0 Å². The molecular weight excluding hydrogens is 308 g/mol. The van der Waals surface area contributed by atoms with Gasteiger partial charge in [-0.3, -0.25) is 4.99 Å². The molecule has 1 saturated heterocycles. The van der Waals surface area contributed by atoms with Gasteiger partial charge in [0.2, 0.25) is 0 Å². The van der Waals surface area contributed by atoms with Crippen molar-refractivity contribution in [3.8, 4) is 11.4 Å². The molecule has 2 atom stereocenters. The Labute approximate surface area is 150 Å². The number of aromatic nitrogens is 2. The second-order valence-electron chi connectivity index (χ2n) is 6.72. The number of benzene rings is 1. The van der Waals surface area contributed by atoms with Crippen LogP contribution in [0.3, 0.4) is 0 Å². The highest BCUT2D eigenvalue weighted by atomic mass is 15.1. The number of aliphatic imine (C=N–C) groups is 1. The molecule has 0 radical (unpaired) electrons. The molecule has 1 aromatic heterocycles. The summed E-state index contributed by atoms with van der Waals surface area (Å²) in [4.78, 5) is 15.0. The fourth-order valence-electron chi connectivity index (χ4n) is 3.45. The van der Waals surface area contributed by atoms with Gasteiger partial charge < -0.3 is 9.88 Å². The number of H-pyrrole nitrogens is 1. The Balaban J connectivity index is 2.05. The van der Waals surface area contributed by atoms with E-state index in [4.69, 9.17) is 4.98 Å². The predicted octanol–water partition coefficient (Wildman–Crippen LogP) is 4.50. The fraction of sp³-hybridized carbons (Fsp3) is 0.333. The van der Waals surface area contributed by atoms with Crippen LogP contribution in [0, 0.1) is 0 Å². The van der Waals surface area contributed by atoms with Crippen molar-refractivity contribution in [2.45, 2.75) is 31.7 Å². The number of nitrogens with one attached hydrogen (secondary N) is 1. The molecule has 4 heteroatoms. The van der Waals surface area contributed by atoms with Crippen LogP contribution in [0.25, 0.3) is 17.1 Å². The van der Waals surface area contributed by atoms with E-state index in [0.717, 1.165) is 41.4 Å². The second kappa shape index (κ2) is 7.62. The summed E-state index contributed by atoms with van der Waals surface area (Å²) in [6.45, 7) is 10.8. The van der Waals surface area contributed by atoms with Gasteiger partial charge in [-0.25, -0.2) is 4.98 Å². The number of allylic oxidation sites excluding steroid dienone is 2. The van der Waals surface area contributed by atoms with E-state index in [1.807, 2.05) is 24.3 Å². The predicted molar refractivity (Wildman–Crippen MR) is 106 cm³/mol. The van der Waals surface area contributed by atoms with E-state index in [-0.39, 0.29) is 0 Å². The molecule has 0 bridgehead atoms. The zero-order valence-corrected chi connectivity index (χ0v) is 15.1. The van der Waals surface area contributed by atoms with E-state index >= 15 is 0 Å². The monoisotopic (exact) mass is 334 g/mol. The Morgan fingerprint density at radius 2 is 2.08 bits per heavy atom. The van der Waals surface area contributed by atoms with E-state index in [1.165, 1.54) is 6.42 Å². The van der Waals surface area contributed by atoms with Crippen LogP contribution in [0.15, 0.2) is 54.1 Å². The lowest BCUT2D eigenvalue weighted by molar-refractivity contribution is 0.179. The van der Waals surface area contributed by atoms with Crippen molar-refractivity contribution in [1.82, 2.24) is 14.9 Å². The van der Waals surface area contributed by atoms with Gasteiger partial charge in [-0.15, -0.1) is 0 Å². The zero-order chi connectivity index (χ0) is 17.8. The summed E-state index contributed by atoms with van der Waals surface area (Å²) in [5.74, 6) is 1.29. The summed E-state index contributed by atoms with van der Waals surface area (Å²) in [6.07, 6.45) is 5.94. The van der Waals surface area contributed by atoms with Gasteiger partial charge in [0.15, 0.2) is 0 Å². The number of aromatic amines is 1. The number of hydrogen-bond donors (Lipinski definition) is 1. The maximum Gasteiger partial charge on any atom is 0.138 e. The van der Waals surface area contributed by atoms with Gasteiger partial charge in [0.05, 0.1) is 5.70 Å². The van der Waals surface area contributed by atoms with Gasteiger partial charge in [0.25, 0.3) is 0 Å². The third-order valence-electron chi connectivity index (χ3n) is 5.07. The van der Waals surface area contributed by atoms with Crippen LogP contribution < -0.4 is 0 Å². The van der Waals surface area contributed by atoms with Crippen molar-refractivity contribution >= 4 is 12.4 Å². The average Bonchev–Trinajstić information content (AvgIpc) is 3.08. The molecule has 1 aliphatic heterocycles.